The normalized spacial score (nSPS) is 17.2. The maximum Gasteiger partial charge on any atom is 0.234 e. The number of benzene rings is 1. The summed E-state index contributed by atoms with van der Waals surface area (Å²) in [6.07, 6.45) is 1.61. The molecular weight excluding hydrogens is 522 g/mol. The van der Waals surface area contributed by atoms with Crippen molar-refractivity contribution in [2.24, 2.45) is 5.73 Å². The fourth-order valence-electron chi connectivity index (χ4n) is 4.55. The molecule has 2 aliphatic rings. The van der Waals surface area contributed by atoms with Gasteiger partial charge in [-0.05, 0) is 44.0 Å². The van der Waals surface area contributed by atoms with Crippen LogP contribution in [0.3, 0.4) is 0 Å². The smallest absolute Gasteiger partial charge is 0.234 e. The number of nitriles is 2. The number of para-hydroxylation sites is 1. The van der Waals surface area contributed by atoms with Gasteiger partial charge in [0.25, 0.3) is 0 Å². The van der Waals surface area contributed by atoms with Gasteiger partial charge in [-0.15, -0.1) is 10.2 Å². The minimum absolute atomic E-state index is 0.0511. The summed E-state index contributed by atoms with van der Waals surface area (Å²) < 4.78 is 6.34. The van der Waals surface area contributed by atoms with Gasteiger partial charge < -0.3 is 15.5 Å². The lowest BCUT2D eigenvalue weighted by Crippen LogP contribution is -2.38. The minimum atomic E-state index is -0.672. The van der Waals surface area contributed by atoms with Crippen LogP contribution in [-0.4, -0.2) is 27.6 Å². The first kappa shape index (κ1) is 25.3. The Kier molecular flexibility index (Phi) is 7.01. The molecule has 5 rings (SSSR count). The average molecular weight is 544 g/mol. The molecule has 38 heavy (non-hydrogen) atoms. The van der Waals surface area contributed by atoms with Gasteiger partial charge in [0.05, 0.1) is 34.6 Å². The Morgan fingerprint density at radius 3 is 2.79 bits per heavy atom. The number of nitrogens with two attached hydrogens (primary N) is 1. The van der Waals surface area contributed by atoms with E-state index in [0.29, 0.717) is 62.8 Å². The number of aromatic nitrogens is 2. The number of Topliss-reactive ketones (excluding diaryl/α,β-unsaturated/α-hetero) is 1. The number of amides is 1. The van der Waals surface area contributed by atoms with Crippen molar-refractivity contribution >= 4 is 45.6 Å². The van der Waals surface area contributed by atoms with Gasteiger partial charge in [-0.2, -0.15) is 10.5 Å². The molecule has 1 aromatic carbocycles. The summed E-state index contributed by atoms with van der Waals surface area (Å²) in [6.45, 7) is 1.80. The van der Waals surface area contributed by atoms with Crippen molar-refractivity contribution in [2.75, 3.05) is 16.0 Å². The van der Waals surface area contributed by atoms with Crippen LogP contribution in [0.4, 0.5) is 10.8 Å². The van der Waals surface area contributed by atoms with Crippen LogP contribution in [-0.2, 0) is 9.59 Å². The number of rotatable bonds is 6. The van der Waals surface area contributed by atoms with Crippen LogP contribution in [0, 0.1) is 29.6 Å². The minimum Gasteiger partial charge on any atom is -0.465 e. The summed E-state index contributed by atoms with van der Waals surface area (Å²) in [5.74, 6) is 0.391. The molecule has 1 unspecified atom stereocenters. The van der Waals surface area contributed by atoms with E-state index in [-0.39, 0.29) is 28.8 Å². The van der Waals surface area contributed by atoms with Gasteiger partial charge in [0.2, 0.25) is 11.0 Å². The molecule has 3 heterocycles. The summed E-state index contributed by atoms with van der Waals surface area (Å²) >= 11 is 2.40. The number of hydrogen-bond donors (Lipinski definition) is 2. The molecule has 0 bridgehead atoms. The predicted molar refractivity (Wildman–Crippen MR) is 142 cm³/mol. The van der Waals surface area contributed by atoms with E-state index in [1.165, 1.54) is 23.1 Å². The summed E-state index contributed by atoms with van der Waals surface area (Å²) in [7, 11) is 0. The van der Waals surface area contributed by atoms with Crippen LogP contribution < -0.4 is 16.0 Å². The fraction of sp³-hybridized carbons (Fsp3) is 0.231. The van der Waals surface area contributed by atoms with Crippen LogP contribution in [0.5, 0.6) is 0 Å². The highest BCUT2D eigenvalue weighted by atomic mass is 32.2. The number of thioether (sulfide) groups is 1. The van der Waals surface area contributed by atoms with Crippen molar-refractivity contribution in [3.05, 3.63) is 76.1 Å². The molecule has 10 nitrogen and oxygen atoms in total. The molecule has 0 saturated carbocycles. The second-order valence-electron chi connectivity index (χ2n) is 8.61. The second-order valence-corrected chi connectivity index (χ2v) is 10.8. The quantitative estimate of drug-likeness (QED) is 0.427. The van der Waals surface area contributed by atoms with Gasteiger partial charge in [0.15, 0.2) is 10.1 Å². The van der Waals surface area contributed by atoms with Crippen LogP contribution >= 0.6 is 23.1 Å². The summed E-state index contributed by atoms with van der Waals surface area (Å²) in [4.78, 5) is 27.3. The average Bonchev–Trinajstić information content (AvgIpc) is 3.56. The molecule has 1 aliphatic heterocycles. The Morgan fingerprint density at radius 2 is 2.05 bits per heavy atom. The van der Waals surface area contributed by atoms with Crippen molar-refractivity contribution in [3.63, 3.8) is 0 Å². The zero-order chi connectivity index (χ0) is 26.8. The first-order valence-corrected chi connectivity index (χ1v) is 13.5. The van der Waals surface area contributed by atoms with Crippen LogP contribution in [0.15, 0.2) is 67.8 Å². The molecule has 190 valence electrons. The van der Waals surface area contributed by atoms with Crippen LogP contribution in [0.25, 0.3) is 0 Å². The van der Waals surface area contributed by atoms with E-state index in [4.69, 9.17) is 10.2 Å². The molecule has 2 aromatic heterocycles. The third-order valence-corrected chi connectivity index (χ3v) is 8.24. The van der Waals surface area contributed by atoms with E-state index in [9.17, 15) is 20.1 Å². The van der Waals surface area contributed by atoms with E-state index in [2.05, 4.69) is 21.6 Å². The summed E-state index contributed by atoms with van der Waals surface area (Å²) in [5.41, 5.74) is 8.75. The summed E-state index contributed by atoms with van der Waals surface area (Å²) in [6, 6.07) is 14.6. The number of anilines is 2. The van der Waals surface area contributed by atoms with Gasteiger partial charge in [0.1, 0.15) is 23.4 Å². The van der Waals surface area contributed by atoms with Crippen LogP contribution in [0.1, 0.15) is 42.3 Å². The SMILES string of the molecule is Cc1ccc(C2C(C#N)=C(N)N(c3nnc(SCC(=O)Nc4ccccc4C#N)s3)C3=C2C(=O)CCC3)o1. The van der Waals surface area contributed by atoms with Gasteiger partial charge in [-0.3, -0.25) is 14.5 Å². The molecule has 3 aromatic rings. The molecule has 0 radical (unpaired) electrons. The lowest BCUT2D eigenvalue weighted by molar-refractivity contribution is -0.116. The highest BCUT2D eigenvalue weighted by Crippen LogP contribution is 2.47. The van der Waals surface area contributed by atoms with Gasteiger partial charge in [0, 0.05) is 17.7 Å². The first-order valence-electron chi connectivity index (χ1n) is 11.7. The number of allylic oxidation sites excluding steroid dienone is 3. The van der Waals surface area contributed by atoms with Gasteiger partial charge in [-0.25, -0.2) is 0 Å². The topological polar surface area (TPSA) is 162 Å². The number of ketones is 1. The van der Waals surface area contributed by atoms with Crippen molar-refractivity contribution < 1.29 is 14.0 Å². The molecule has 0 fully saturated rings. The molecule has 12 heteroatoms. The maximum atomic E-state index is 13.1. The zero-order valence-electron chi connectivity index (χ0n) is 20.2. The number of carbonyl (C=O) groups is 2. The van der Waals surface area contributed by atoms with Gasteiger partial charge in [-0.1, -0.05) is 35.2 Å². The number of carbonyl (C=O) groups excluding carboxylic acids is 2. The Bertz CT molecular complexity index is 1590. The standard InChI is InChI=1S/C26H21N7O3S2/c1-14-9-10-20(36-14)22-16(12-28)24(29)33(18-7-4-8-19(34)23(18)22)25-31-32-26(38-25)37-13-21(35)30-17-6-3-2-5-15(17)11-27/h2-3,5-6,9-10,22H,4,7-8,13,29H2,1H3,(H,30,35). The highest BCUT2D eigenvalue weighted by Gasteiger charge is 2.42. The third-order valence-electron chi connectivity index (χ3n) is 6.19. The Balaban J connectivity index is 1.41. The zero-order valence-corrected chi connectivity index (χ0v) is 21.9. The first-order chi connectivity index (χ1) is 18.4. The lowest BCUT2D eigenvalue weighted by Gasteiger charge is -2.37. The van der Waals surface area contributed by atoms with E-state index < -0.39 is 5.92 Å². The molecule has 0 saturated heterocycles. The summed E-state index contributed by atoms with van der Waals surface area (Å²) in [5, 5.41) is 30.9. The molecule has 0 spiro atoms. The Morgan fingerprint density at radius 1 is 1.24 bits per heavy atom. The molecule has 1 atom stereocenters. The largest absolute Gasteiger partial charge is 0.465 e. The number of nitrogens with one attached hydrogen (secondary N) is 1. The Hall–Kier alpha value is -4.39. The lowest BCUT2D eigenvalue weighted by atomic mass is 9.78. The maximum absolute atomic E-state index is 13.1. The second kappa shape index (κ2) is 10.5. The fourth-order valence-corrected chi connectivity index (χ4v) is 6.23. The van der Waals surface area contributed by atoms with Crippen molar-refractivity contribution in [1.82, 2.24) is 10.2 Å². The number of aryl methyl sites for hydroxylation is 1. The third kappa shape index (κ3) is 4.67. The van der Waals surface area contributed by atoms with Gasteiger partial charge >= 0.3 is 0 Å². The number of nitrogens with zero attached hydrogens (tertiary/aromatic N) is 5. The van der Waals surface area contributed by atoms with E-state index in [1.54, 1.807) is 48.2 Å². The number of furan rings is 1. The van der Waals surface area contributed by atoms with Crippen molar-refractivity contribution in [2.45, 2.75) is 36.4 Å². The molecule has 1 aliphatic carbocycles. The predicted octanol–water partition coefficient (Wildman–Crippen LogP) is 4.35. The molecular formula is C26H21N7O3S2. The Labute approximate surface area is 226 Å². The van der Waals surface area contributed by atoms with E-state index in [0.717, 1.165) is 0 Å². The van der Waals surface area contributed by atoms with E-state index in [1.807, 2.05) is 6.07 Å². The van der Waals surface area contributed by atoms with E-state index >= 15 is 0 Å². The molecule has 3 N–H and O–H groups in total. The van der Waals surface area contributed by atoms with Crippen molar-refractivity contribution in [1.29, 1.82) is 10.5 Å². The highest BCUT2D eigenvalue weighted by molar-refractivity contribution is 8.01. The molecule has 1 amide bonds. The van der Waals surface area contributed by atoms with Crippen molar-refractivity contribution in [3.8, 4) is 12.1 Å². The monoisotopic (exact) mass is 543 g/mol. The number of hydrogen-bond acceptors (Lipinski definition) is 11. The van der Waals surface area contributed by atoms with Crippen LogP contribution in [0.2, 0.25) is 0 Å².